The van der Waals surface area contributed by atoms with Gasteiger partial charge >= 0.3 is 0 Å². The second-order valence-corrected chi connectivity index (χ2v) is 4.27. The number of rotatable bonds is 2. The molecule has 17 heavy (non-hydrogen) atoms. The number of pyridine rings is 1. The molecule has 1 heterocycles. The number of aliphatic hydroxyl groups is 1. The quantitative estimate of drug-likeness (QED) is 0.904. The van der Waals surface area contributed by atoms with Gasteiger partial charge in [-0.25, -0.2) is 4.39 Å². The molecule has 2 rings (SSSR count). The summed E-state index contributed by atoms with van der Waals surface area (Å²) in [5.74, 6) is -0.492. The molecule has 5 heteroatoms. The molecule has 1 aromatic heterocycles. The van der Waals surface area contributed by atoms with E-state index in [0.29, 0.717) is 26.9 Å². The van der Waals surface area contributed by atoms with Gasteiger partial charge in [-0.2, -0.15) is 0 Å². The smallest absolute Gasteiger partial charge is 0.142 e. The molecule has 0 bridgehead atoms. The van der Waals surface area contributed by atoms with Crippen molar-refractivity contribution in [2.45, 2.75) is 6.61 Å². The normalized spacial score (nSPS) is 10.6. The van der Waals surface area contributed by atoms with Crippen LogP contribution in [-0.2, 0) is 6.61 Å². The van der Waals surface area contributed by atoms with Gasteiger partial charge < -0.3 is 5.11 Å². The van der Waals surface area contributed by atoms with E-state index in [2.05, 4.69) is 4.98 Å². The minimum atomic E-state index is -0.492. The average Bonchev–Trinajstić information content (AvgIpc) is 2.32. The van der Waals surface area contributed by atoms with Crippen LogP contribution in [0.3, 0.4) is 0 Å². The van der Waals surface area contributed by atoms with Crippen molar-refractivity contribution < 1.29 is 9.50 Å². The van der Waals surface area contributed by atoms with Crippen LogP contribution in [0.2, 0.25) is 10.0 Å². The van der Waals surface area contributed by atoms with Gasteiger partial charge in [0, 0.05) is 21.2 Å². The number of halogens is 3. The Bertz CT molecular complexity index is 560. The van der Waals surface area contributed by atoms with Crippen molar-refractivity contribution in [3.8, 4) is 11.1 Å². The van der Waals surface area contributed by atoms with Crippen molar-refractivity contribution in [1.82, 2.24) is 4.98 Å². The molecule has 0 aliphatic rings. The lowest BCUT2D eigenvalue weighted by Crippen LogP contribution is -1.95. The van der Waals surface area contributed by atoms with E-state index in [4.69, 9.17) is 28.3 Å². The van der Waals surface area contributed by atoms with Crippen molar-refractivity contribution in [2.24, 2.45) is 0 Å². The fourth-order valence-corrected chi connectivity index (χ4v) is 1.92. The molecule has 1 N–H and O–H groups in total. The Hall–Kier alpha value is -1.16. The summed E-state index contributed by atoms with van der Waals surface area (Å²) in [6.45, 7) is -0.293. The highest BCUT2D eigenvalue weighted by Crippen LogP contribution is 2.32. The van der Waals surface area contributed by atoms with Gasteiger partial charge in [-0.1, -0.05) is 23.2 Å². The maximum absolute atomic E-state index is 13.2. The maximum atomic E-state index is 13.2. The van der Waals surface area contributed by atoms with Crippen molar-refractivity contribution in [2.75, 3.05) is 0 Å². The number of nitrogens with zero attached hydrogens (tertiary/aromatic N) is 1. The second-order valence-electron chi connectivity index (χ2n) is 3.43. The van der Waals surface area contributed by atoms with E-state index in [9.17, 15) is 4.39 Å². The number of hydrogen-bond acceptors (Lipinski definition) is 2. The van der Waals surface area contributed by atoms with Crippen molar-refractivity contribution >= 4 is 23.2 Å². The molecule has 2 nitrogen and oxygen atoms in total. The Balaban J connectivity index is 2.66. The number of benzene rings is 1. The van der Waals surface area contributed by atoms with Gasteiger partial charge in [-0.3, -0.25) is 4.98 Å². The summed E-state index contributed by atoms with van der Waals surface area (Å²) in [7, 11) is 0. The molecule has 0 saturated carbocycles. The molecule has 0 amide bonds. The highest BCUT2D eigenvalue weighted by atomic mass is 35.5. The molecule has 0 atom stereocenters. The van der Waals surface area contributed by atoms with Gasteiger partial charge in [0.2, 0.25) is 0 Å². The van der Waals surface area contributed by atoms with Crippen molar-refractivity contribution in [1.29, 1.82) is 0 Å². The zero-order valence-corrected chi connectivity index (χ0v) is 10.1. The van der Waals surface area contributed by atoms with Crippen LogP contribution in [0.4, 0.5) is 4.39 Å². The third-order valence-corrected chi connectivity index (χ3v) is 2.87. The predicted molar refractivity (Wildman–Crippen MR) is 65.6 cm³/mol. The molecular formula is C12H8Cl2FNO. The van der Waals surface area contributed by atoms with Crippen LogP contribution in [0.5, 0.6) is 0 Å². The predicted octanol–water partition coefficient (Wildman–Crippen LogP) is 3.69. The lowest BCUT2D eigenvalue weighted by molar-refractivity contribution is 0.277. The summed E-state index contributed by atoms with van der Waals surface area (Å²) < 4.78 is 13.2. The van der Waals surface area contributed by atoms with E-state index in [-0.39, 0.29) is 6.61 Å². The first-order valence-corrected chi connectivity index (χ1v) is 5.58. The number of hydrogen-bond donors (Lipinski definition) is 1. The summed E-state index contributed by atoms with van der Waals surface area (Å²) in [6, 6.07) is 6.14. The molecule has 0 aliphatic heterocycles. The van der Waals surface area contributed by atoms with Crippen LogP contribution in [-0.4, -0.2) is 10.1 Å². The monoisotopic (exact) mass is 271 g/mol. The van der Waals surface area contributed by atoms with E-state index >= 15 is 0 Å². The lowest BCUT2D eigenvalue weighted by atomic mass is 10.0. The Morgan fingerprint density at radius 1 is 1.18 bits per heavy atom. The van der Waals surface area contributed by atoms with Gasteiger partial charge in [0.15, 0.2) is 0 Å². The molecule has 0 aliphatic carbocycles. The van der Waals surface area contributed by atoms with Gasteiger partial charge in [0.25, 0.3) is 0 Å². The van der Waals surface area contributed by atoms with Crippen LogP contribution in [0.15, 0.2) is 30.5 Å². The highest BCUT2D eigenvalue weighted by Gasteiger charge is 2.11. The van der Waals surface area contributed by atoms with Crippen LogP contribution < -0.4 is 0 Å². The fraction of sp³-hybridized carbons (Fsp3) is 0.0833. The topological polar surface area (TPSA) is 33.1 Å². The zero-order chi connectivity index (χ0) is 12.4. The number of aliphatic hydroxyl groups excluding tert-OH is 1. The molecular weight excluding hydrogens is 264 g/mol. The van der Waals surface area contributed by atoms with Crippen LogP contribution in [0.1, 0.15) is 5.69 Å². The van der Waals surface area contributed by atoms with E-state index < -0.39 is 5.82 Å². The van der Waals surface area contributed by atoms with Gasteiger partial charge in [0.1, 0.15) is 5.82 Å². The first-order valence-electron chi connectivity index (χ1n) is 4.82. The summed E-state index contributed by atoms with van der Waals surface area (Å²) in [6.07, 6.45) is 1.05. The first kappa shape index (κ1) is 12.3. The van der Waals surface area contributed by atoms with Gasteiger partial charge in [-0.15, -0.1) is 0 Å². The third-order valence-electron chi connectivity index (χ3n) is 2.31. The van der Waals surface area contributed by atoms with E-state index in [1.807, 2.05) is 0 Å². The molecule has 0 unspecified atom stereocenters. The SMILES string of the molecule is OCc1ncc(F)cc1-c1cc(Cl)ccc1Cl. The second kappa shape index (κ2) is 5.00. The molecule has 88 valence electrons. The summed E-state index contributed by atoms with van der Waals surface area (Å²) >= 11 is 11.9. The molecule has 0 radical (unpaired) electrons. The Kier molecular flexibility index (Phi) is 3.62. The van der Waals surface area contributed by atoms with Crippen molar-refractivity contribution in [3.05, 3.63) is 52.0 Å². The van der Waals surface area contributed by atoms with Crippen LogP contribution in [0.25, 0.3) is 11.1 Å². The third kappa shape index (κ3) is 2.57. The van der Waals surface area contributed by atoms with E-state index in [1.165, 1.54) is 6.07 Å². The van der Waals surface area contributed by atoms with Crippen LogP contribution >= 0.6 is 23.2 Å². The first-order chi connectivity index (χ1) is 8.11. The zero-order valence-electron chi connectivity index (χ0n) is 8.62. The summed E-state index contributed by atoms with van der Waals surface area (Å²) in [4.78, 5) is 3.82. The fourth-order valence-electron chi connectivity index (χ4n) is 1.53. The van der Waals surface area contributed by atoms with E-state index in [0.717, 1.165) is 6.20 Å². The largest absolute Gasteiger partial charge is 0.390 e. The van der Waals surface area contributed by atoms with Crippen LogP contribution in [0, 0.1) is 5.82 Å². The number of aromatic nitrogens is 1. The molecule has 1 aromatic carbocycles. The highest BCUT2D eigenvalue weighted by molar-refractivity contribution is 6.35. The Morgan fingerprint density at radius 3 is 2.65 bits per heavy atom. The molecule has 0 spiro atoms. The molecule has 2 aromatic rings. The van der Waals surface area contributed by atoms with Crippen molar-refractivity contribution in [3.63, 3.8) is 0 Å². The minimum Gasteiger partial charge on any atom is -0.390 e. The average molecular weight is 272 g/mol. The molecule has 0 saturated heterocycles. The summed E-state index contributed by atoms with van der Waals surface area (Å²) in [5, 5.41) is 10.1. The standard InChI is InChI=1S/C12H8Cl2FNO/c13-7-1-2-11(14)9(3-7)10-4-8(15)5-16-12(10)6-17/h1-5,17H,6H2. The van der Waals surface area contributed by atoms with Gasteiger partial charge in [-0.05, 0) is 24.3 Å². The minimum absolute atomic E-state index is 0.293. The van der Waals surface area contributed by atoms with Gasteiger partial charge in [0.05, 0.1) is 18.5 Å². The molecule has 0 fully saturated rings. The lowest BCUT2D eigenvalue weighted by Gasteiger charge is -2.09. The Labute approximate surface area is 108 Å². The summed E-state index contributed by atoms with van der Waals surface area (Å²) in [5.41, 5.74) is 1.35. The Morgan fingerprint density at radius 2 is 1.94 bits per heavy atom. The van der Waals surface area contributed by atoms with E-state index in [1.54, 1.807) is 18.2 Å². The maximum Gasteiger partial charge on any atom is 0.142 e.